The van der Waals surface area contributed by atoms with Gasteiger partial charge in [-0.1, -0.05) is 6.08 Å². The number of anilines is 2. The zero-order valence-corrected chi connectivity index (χ0v) is 14.5. The molecule has 0 aliphatic carbocycles. The average molecular weight is 354 g/mol. The molecule has 0 aromatic carbocycles. The molecule has 0 unspecified atom stereocenters. The molecule has 0 amide bonds. The van der Waals surface area contributed by atoms with Crippen molar-refractivity contribution in [2.24, 2.45) is 0 Å². The number of nitrogens with zero attached hydrogens (tertiary/aromatic N) is 4. The predicted molar refractivity (Wildman–Crippen MR) is 97.7 cm³/mol. The third-order valence-corrected chi connectivity index (χ3v) is 4.22. The van der Waals surface area contributed by atoms with Crippen molar-refractivity contribution in [2.75, 3.05) is 30.9 Å². The van der Waals surface area contributed by atoms with E-state index in [1.54, 1.807) is 25.6 Å². The molecule has 4 heterocycles. The van der Waals surface area contributed by atoms with Gasteiger partial charge < -0.3 is 15.4 Å². The van der Waals surface area contributed by atoms with E-state index in [1.165, 1.54) is 10.6 Å². The lowest BCUT2D eigenvalue weighted by atomic mass is 9.98. The van der Waals surface area contributed by atoms with Crippen molar-refractivity contribution in [1.82, 2.24) is 19.4 Å². The van der Waals surface area contributed by atoms with Crippen LogP contribution >= 0.6 is 0 Å². The number of aromatic nitrogens is 4. The average Bonchev–Trinajstić information content (AvgIpc) is 3.01. The van der Waals surface area contributed by atoms with E-state index in [0.717, 1.165) is 22.5 Å². The first-order valence-corrected chi connectivity index (χ1v) is 8.35. The Kier molecular flexibility index (Phi) is 4.26. The normalized spacial score (nSPS) is 14.5. The van der Waals surface area contributed by atoms with Crippen LogP contribution in [-0.2, 0) is 4.74 Å². The summed E-state index contributed by atoms with van der Waals surface area (Å²) in [7, 11) is 1.66. The number of methoxy groups -OCH3 is 1. The molecule has 3 aromatic rings. The van der Waals surface area contributed by atoms with E-state index in [0.29, 0.717) is 24.7 Å². The Balaban J connectivity index is 1.67. The molecular formula is C18H19FN6O. The molecular weight excluding hydrogens is 335 g/mol. The molecule has 1 aliphatic heterocycles. The molecule has 0 saturated heterocycles. The van der Waals surface area contributed by atoms with Gasteiger partial charge in [-0.05, 0) is 30.2 Å². The van der Waals surface area contributed by atoms with Crippen molar-refractivity contribution in [3.05, 3.63) is 53.9 Å². The lowest BCUT2D eigenvalue weighted by molar-refractivity contribution is 0.190. The Hall–Kier alpha value is -3.00. The number of pyridine rings is 1. The Bertz CT molecular complexity index is 983. The van der Waals surface area contributed by atoms with Crippen molar-refractivity contribution in [1.29, 1.82) is 0 Å². The first-order valence-electron chi connectivity index (χ1n) is 8.35. The summed E-state index contributed by atoms with van der Waals surface area (Å²) in [4.78, 5) is 13.0. The summed E-state index contributed by atoms with van der Waals surface area (Å²) < 4.78 is 20.4. The molecule has 8 heteroatoms. The molecule has 1 aliphatic rings. The van der Waals surface area contributed by atoms with Gasteiger partial charge in [-0.25, -0.2) is 9.97 Å². The SMILES string of the molecule is COC[C@H](C)Nc1ncc2c(n1)NCC=C2c1ccc2ncc(F)n2c1. The number of fused-ring (bicyclic) bond motifs is 2. The van der Waals surface area contributed by atoms with Crippen LogP contribution in [0.1, 0.15) is 18.1 Å². The Morgan fingerprint density at radius 1 is 1.35 bits per heavy atom. The highest BCUT2D eigenvalue weighted by atomic mass is 19.1. The van der Waals surface area contributed by atoms with Gasteiger partial charge in [0, 0.05) is 37.7 Å². The fourth-order valence-electron chi connectivity index (χ4n) is 3.04. The number of rotatable bonds is 5. The van der Waals surface area contributed by atoms with Crippen LogP contribution in [0.4, 0.5) is 16.2 Å². The van der Waals surface area contributed by atoms with E-state index < -0.39 is 0 Å². The fourth-order valence-corrected chi connectivity index (χ4v) is 3.04. The molecule has 0 radical (unpaired) electrons. The van der Waals surface area contributed by atoms with E-state index in [4.69, 9.17) is 4.74 Å². The summed E-state index contributed by atoms with van der Waals surface area (Å²) in [6.45, 7) is 3.20. The summed E-state index contributed by atoms with van der Waals surface area (Å²) in [5, 5.41) is 6.47. The van der Waals surface area contributed by atoms with Gasteiger partial charge in [0.1, 0.15) is 11.5 Å². The minimum absolute atomic E-state index is 0.100. The molecule has 26 heavy (non-hydrogen) atoms. The maximum Gasteiger partial charge on any atom is 0.224 e. The van der Waals surface area contributed by atoms with Crippen LogP contribution in [0.2, 0.25) is 0 Å². The van der Waals surface area contributed by atoms with Crippen molar-refractivity contribution in [2.45, 2.75) is 13.0 Å². The lowest BCUT2D eigenvalue weighted by Gasteiger charge is -2.20. The zero-order valence-electron chi connectivity index (χ0n) is 14.5. The molecule has 134 valence electrons. The number of nitrogens with one attached hydrogen (secondary N) is 2. The first kappa shape index (κ1) is 16.5. The van der Waals surface area contributed by atoms with Gasteiger partial charge in [0.2, 0.25) is 11.9 Å². The second kappa shape index (κ2) is 6.72. The molecule has 1 atom stereocenters. The number of halogens is 1. The Morgan fingerprint density at radius 3 is 3.08 bits per heavy atom. The van der Waals surface area contributed by atoms with Gasteiger partial charge in [0.15, 0.2) is 0 Å². The van der Waals surface area contributed by atoms with Gasteiger partial charge in [-0.15, -0.1) is 0 Å². The number of imidazole rings is 1. The predicted octanol–water partition coefficient (Wildman–Crippen LogP) is 2.57. The minimum Gasteiger partial charge on any atom is -0.383 e. The molecule has 0 fully saturated rings. The quantitative estimate of drug-likeness (QED) is 0.733. The standard InChI is InChI=1S/C18H19FN6O/c1-11(10-26-2)23-18-22-7-14-13(5-6-20-17(14)24-18)12-3-4-16-21-8-15(19)25(16)9-12/h3-5,7-9,11H,6,10H2,1-2H3,(H2,20,22,23,24)/t11-/m0/s1. The van der Waals surface area contributed by atoms with E-state index >= 15 is 0 Å². The third kappa shape index (κ3) is 2.99. The highest BCUT2D eigenvalue weighted by Gasteiger charge is 2.18. The van der Waals surface area contributed by atoms with Crippen LogP contribution in [0.5, 0.6) is 0 Å². The zero-order chi connectivity index (χ0) is 18.1. The van der Waals surface area contributed by atoms with E-state index in [-0.39, 0.29) is 12.0 Å². The van der Waals surface area contributed by atoms with Gasteiger partial charge in [0.05, 0.1) is 12.8 Å². The summed E-state index contributed by atoms with van der Waals surface area (Å²) in [6, 6.07) is 3.82. The van der Waals surface area contributed by atoms with E-state index in [2.05, 4.69) is 25.6 Å². The number of hydrogen-bond acceptors (Lipinski definition) is 6. The lowest BCUT2D eigenvalue weighted by Crippen LogP contribution is -2.23. The molecule has 0 spiro atoms. The van der Waals surface area contributed by atoms with Gasteiger partial charge >= 0.3 is 0 Å². The monoisotopic (exact) mass is 354 g/mol. The van der Waals surface area contributed by atoms with Crippen LogP contribution in [-0.4, -0.2) is 45.7 Å². The third-order valence-electron chi connectivity index (χ3n) is 4.22. The summed E-state index contributed by atoms with van der Waals surface area (Å²) >= 11 is 0. The smallest absolute Gasteiger partial charge is 0.224 e. The first-order chi connectivity index (χ1) is 12.7. The second-order valence-corrected chi connectivity index (χ2v) is 6.18. The molecule has 0 saturated carbocycles. The molecule has 3 aromatic heterocycles. The Labute approximate surface area is 150 Å². The Morgan fingerprint density at radius 2 is 2.23 bits per heavy atom. The van der Waals surface area contributed by atoms with Crippen molar-refractivity contribution < 1.29 is 9.13 Å². The summed E-state index contributed by atoms with van der Waals surface area (Å²) in [5.41, 5.74) is 3.30. The van der Waals surface area contributed by atoms with Crippen molar-refractivity contribution in [3.63, 3.8) is 0 Å². The highest BCUT2D eigenvalue weighted by Crippen LogP contribution is 2.31. The second-order valence-electron chi connectivity index (χ2n) is 6.18. The van der Waals surface area contributed by atoms with Crippen LogP contribution in [0.3, 0.4) is 0 Å². The van der Waals surface area contributed by atoms with Gasteiger partial charge in [0.25, 0.3) is 0 Å². The summed E-state index contributed by atoms with van der Waals surface area (Å²) in [6.07, 6.45) is 6.77. The fraction of sp³-hybridized carbons (Fsp3) is 0.278. The van der Waals surface area contributed by atoms with Crippen LogP contribution in [0.25, 0.3) is 11.2 Å². The topological polar surface area (TPSA) is 76.4 Å². The van der Waals surface area contributed by atoms with E-state index in [1.807, 2.05) is 19.1 Å². The largest absolute Gasteiger partial charge is 0.383 e. The molecule has 2 N–H and O–H groups in total. The maximum absolute atomic E-state index is 13.9. The molecule has 4 rings (SSSR count). The summed E-state index contributed by atoms with van der Waals surface area (Å²) in [5.74, 6) is 0.897. The molecule has 0 bridgehead atoms. The number of hydrogen-bond donors (Lipinski definition) is 2. The van der Waals surface area contributed by atoms with Crippen LogP contribution in [0, 0.1) is 5.95 Å². The highest BCUT2D eigenvalue weighted by molar-refractivity contribution is 5.87. The minimum atomic E-state index is -0.389. The maximum atomic E-state index is 13.9. The van der Waals surface area contributed by atoms with E-state index in [9.17, 15) is 4.39 Å². The van der Waals surface area contributed by atoms with Gasteiger partial charge in [-0.2, -0.15) is 9.37 Å². The van der Waals surface area contributed by atoms with Crippen molar-refractivity contribution in [3.8, 4) is 0 Å². The van der Waals surface area contributed by atoms with Crippen LogP contribution < -0.4 is 10.6 Å². The number of ether oxygens (including phenoxy) is 1. The van der Waals surface area contributed by atoms with Crippen molar-refractivity contribution >= 4 is 23.0 Å². The van der Waals surface area contributed by atoms with Gasteiger partial charge in [-0.3, -0.25) is 4.40 Å². The van der Waals surface area contributed by atoms with Crippen LogP contribution in [0.15, 0.2) is 36.8 Å². The molecule has 7 nitrogen and oxygen atoms in total.